The Hall–Kier alpha value is -0.360. The molecule has 0 amide bonds. The van der Waals surface area contributed by atoms with Gasteiger partial charge in [0.1, 0.15) is 0 Å². The van der Waals surface area contributed by atoms with Crippen molar-refractivity contribution in [1.82, 2.24) is 0 Å². The predicted molar refractivity (Wildman–Crippen MR) is 76.7 cm³/mol. The van der Waals surface area contributed by atoms with Crippen LogP contribution in [0.5, 0.6) is 0 Å². The Balaban J connectivity index is 3.03. The van der Waals surface area contributed by atoms with Crippen molar-refractivity contribution in [3.8, 4) is 0 Å². The van der Waals surface area contributed by atoms with Crippen molar-refractivity contribution in [3.05, 3.63) is 0 Å². The molecular weight excluding hydrogens is 303 g/mol. The monoisotopic (exact) mass is 324 g/mol. The highest BCUT2D eigenvalue weighted by molar-refractivity contribution is 8.56. The summed E-state index contributed by atoms with van der Waals surface area (Å²) in [6.45, 7) is 2.00. The van der Waals surface area contributed by atoms with Gasteiger partial charge in [0, 0.05) is 6.42 Å². The molecular formula is C12H21O6PS. The van der Waals surface area contributed by atoms with Gasteiger partial charge in [0.25, 0.3) is 0 Å². The van der Waals surface area contributed by atoms with Gasteiger partial charge in [-0.1, -0.05) is 0 Å². The first-order chi connectivity index (χ1) is 9.44. The van der Waals surface area contributed by atoms with Crippen LogP contribution < -0.4 is 0 Å². The summed E-state index contributed by atoms with van der Waals surface area (Å²) in [6, 6.07) is 0. The maximum atomic E-state index is 12.6. The Morgan fingerprint density at radius 3 is 2.25 bits per heavy atom. The summed E-state index contributed by atoms with van der Waals surface area (Å²) < 4.78 is 26.5. The highest BCUT2D eigenvalue weighted by atomic mass is 32.7. The van der Waals surface area contributed by atoms with Gasteiger partial charge in [-0.05, 0) is 45.0 Å². The third-order valence-electron chi connectivity index (χ3n) is 2.83. The van der Waals surface area contributed by atoms with Crippen LogP contribution in [0.2, 0.25) is 0 Å². The van der Waals surface area contributed by atoms with E-state index in [1.54, 1.807) is 20.8 Å². The number of ether oxygens (including phenoxy) is 1. The van der Waals surface area contributed by atoms with E-state index < -0.39 is 17.5 Å². The second kappa shape index (κ2) is 7.59. The number of ketones is 1. The number of esters is 1. The second-order valence-corrected chi connectivity index (χ2v) is 8.38. The average molecular weight is 324 g/mol. The van der Waals surface area contributed by atoms with Gasteiger partial charge < -0.3 is 13.8 Å². The zero-order valence-corrected chi connectivity index (χ0v) is 13.8. The van der Waals surface area contributed by atoms with Crippen molar-refractivity contribution in [1.29, 1.82) is 0 Å². The highest BCUT2D eigenvalue weighted by Gasteiger charge is 2.55. The lowest BCUT2D eigenvalue weighted by atomic mass is 10.1. The summed E-state index contributed by atoms with van der Waals surface area (Å²) in [6.07, 6.45) is 1.16. The lowest BCUT2D eigenvalue weighted by Gasteiger charge is -2.27. The van der Waals surface area contributed by atoms with E-state index in [1.807, 2.05) is 0 Å². The normalized spacial score (nSPS) is 23.1. The minimum Gasteiger partial charge on any atom is -0.465 e. The van der Waals surface area contributed by atoms with Gasteiger partial charge in [0.15, 0.2) is 10.5 Å². The number of hydrogen-bond acceptors (Lipinski definition) is 7. The molecule has 1 aliphatic carbocycles. The molecule has 0 aromatic carbocycles. The van der Waals surface area contributed by atoms with E-state index in [-0.39, 0.29) is 32.0 Å². The number of carbonyl (C=O) groups excluding carboxylic acids is 2. The van der Waals surface area contributed by atoms with Crippen molar-refractivity contribution in [2.75, 3.05) is 19.8 Å². The standard InChI is InChI=1S/C12H21O6PS/c1-4-16-11(14)12(9-7-8-10(12)13)20-19(15,17-5-2)18-6-3/h4-9H2,1-3H3. The van der Waals surface area contributed by atoms with Crippen LogP contribution in [0.15, 0.2) is 0 Å². The second-order valence-electron chi connectivity index (χ2n) is 4.20. The van der Waals surface area contributed by atoms with Crippen molar-refractivity contribution in [2.45, 2.75) is 44.8 Å². The van der Waals surface area contributed by atoms with Crippen LogP contribution in [-0.2, 0) is 27.9 Å². The lowest BCUT2D eigenvalue weighted by Crippen LogP contribution is -2.40. The fourth-order valence-electron chi connectivity index (χ4n) is 2.03. The van der Waals surface area contributed by atoms with E-state index in [4.69, 9.17) is 13.8 Å². The molecule has 1 rings (SSSR count). The molecule has 8 heteroatoms. The SMILES string of the molecule is CCOC(=O)C1(SP(=O)(OCC)OCC)CCCC1=O. The molecule has 0 bridgehead atoms. The van der Waals surface area contributed by atoms with E-state index >= 15 is 0 Å². The summed E-state index contributed by atoms with van der Waals surface area (Å²) in [5.74, 6) is -0.910. The summed E-state index contributed by atoms with van der Waals surface area (Å²) in [4.78, 5) is 24.3. The Bertz CT molecular complexity index is 403. The molecule has 1 saturated carbocycles. The fourth-order valence-corrected chi connectivity index (χ4v) is 6.70. The number of hydrogen-bond donors (Lipinski definition) is 0. The van der Waals surface area contributed by atoms with E-state index in [1.165, 1.54) is 0 Å². The molecule has 0 aromatic heterocycles. The quantitative estimate of drug-likeness (QED) is 0.386. The minimum atomic E-state index is -3.55. The number of Topliss-reactive ketones (excluding diaryl/α,β-unsaturated/α-hetero) is 1. The van der Waals surface area contributed by atoms with Crippen LogP contribution in [0.4, 0.5) is 0 Å². The lowest BCUT2D eigenvalue weighted by molar-refractivity contribution is -0.148. The Labute approximate surface area is 123 Å². The van der Waals surface area contributed by atoms with Crippen LogP contribution in [0.1, 0.15) is 40.0 Å². The molecule has 0 saturated heterocycles. The molecule has 1 unspecified atom stereocenters. The van der Waals surface area contributed by atoms with E-state index in [2.05, 4.69) is 0 Å². The first-order valence-corrected chi connectivity index (χ1v) is 9.71. The number of carbonyl (C=O) groups is 2. The van der Waals surface area contributed by atoms with Gasteiger partial charge in [-0.3, -0.25) is 9.59 Å². The van der Waals surface area contributed by atoms with Crippen molar-refractivity contribution in [2.24, 2.45) is 0 Å². The molecule has 0 heterocycles. The topological polar surface area (TPSA) is 78.9 Å². The summed E-state index contributed by atoms with van der Waals surface area (Å²) in [5, 5.41) is 0. The maximum Gasteiger partial charge on any atom is 0.390 e. The molecule has 20 heavy (non-hydrogen) atoms. The molecule has 1 fully saturated rings. The van der Waals surface area contributed by atoms with Crippen LogP contribution in [-0.4, -0.2) is 36.3 Å². The van der Waals surface area contributed by atoms with Gasteiger partial charge in [0.2, 0.25) is 0 Å². The highest BCUT2D eigenvalue weighted by Crippen LogP contribution is 2.67. The Morgan fingerprint density at radius 2 is 1.85 bits per heavy atom. The third-order valence-corrected chi connectivity index (χ3v) is 7.35. The average Bonchev–Trinajstić information content (AvgIpc) is 2.72. The number of rotatable bonds is 8. The van der Waals surface area contributed by atoms with Crippen molar-refractivity contribution >= 4 is 29.9 Å². The minimum absolute atomic E-state index is 0.169. The van der Waals surface area contributed by atoms with Gasteiger partial charge in [0.05, 0.1) is 19.8 Å². The molecule has 0 aliphatic heterocycles. The largest absolute Gasteiger partial charge is 0.465 e. The summed E-state index contributed by atoms with van der Waals surface area (Å²) >= 11 is 0.694. The maximum absolute atomic E-state index is 12.6. The van der Waals surface area contributed by atoms with E-state index in [0.717, 1.165) is 0 Å². The van der Waals surface area contributed by atoms with Crippen molar-refractivity contribution < 1.29 is 27.9 Å². The molecule has 0 N–H and O–H groups in total. The zero-order chi connectivity index (χ0) is 15.2. The van der Waals surface area contributed by atoms with Gasteiger partial charge in [-0.15, -0.1) is 0 Å². The van der Waals surface area contributed by atoms with Gasteiger partial charge >= 0.3 is 12.8 Å². The first-order valence-electron chi connectivity index (χ1n) is 6.74. The van der Waals surface area contributed by atoms with Gasteiger partial charge in [-0.25, -0.2) is 4.57 Å². The molecule has 1 atom stereocenters. The van der Waals surface area contributed by atoms with Crippen LogP contribution in [0.3, 0.4) is 0 Å². The molecule has 6 nitrogen and oxygen atoms in total. The van der Waals surface area contributed by atoms with Gasteiger partial charge in [-0.2, -0.15) is 0 Å². The first kappa shape index (κ1) is 17.7. The molecule has 0 aromatic rings. The van der Waals surface area contributed by atoms with Crippen molar-refractivity contribution in [3.63, 3.8) is 0 Å². The Morgan fingerprint density at radius 1 is 1.25 bits per heavy atom. The molecule has 0 spiro atoms. The molecule has 1 aliphatic rings. The smallest absolute Gasteiger partial charge is 0.390 e. The molecule has 116 valence electrons. The van der Waals surface area contributed by atoms with Crippen LogP contribution in [0, 0.1) is 0 Å². The summed E-state index contributed by atoms with van der Waals surface area (Å²) in [7, 11) is 0. The third kappa shape index (κ3) is 3.85. The Kier molecular flexibility index (Phi) is 6.72. The van der Waals surface area contributed by atoms with E-state index in [9.17, 15) is 14.2 Å². The summed E-state index contributed by atoms with van der Waals surface area (Å²) in [5.41, 5.74) is 0. The fraction of sp³-hybridized carbons (Fsp3) is 0.833. The van der Waals surface area contributed by atoms with Crippen LogP contribution in [0.25, 0.3) is 0 Å². The van der Waals surface area contributed by atoms with Crippen LogP contribution >= 0.6 is 18.2 Å². The zero-order valence-electron chi connectivity index (χ0n) is 12.0. The predicted octanol–water partition coefficient (Wildman–Crippen LogP) is 2.96. The van der Waals surface area contributed by atoms with E-state index in [0.29, 0.717) is 24.2 Å². The molecule has 0 radical (unpaired) electrons.